The van der Waals surface area contributed by atoms with E-state index in [1.165, 1.54) is 16.8 Å². The van der Waals surface area contributed by atoms with E-state index in [1.54, 1.807) is 0 Å². The quantitative estimate of drug-likeness (QED) is 0.872. The SMILES string of the molecule is CC(C)c1ncc2c(n1)CCN(Cc1cccc3c1OCO3)C2. The molecule has 0 saturated heterocycles. The monoisotopic (exact) mass is 311 g/mol. The van der Waals surface area contributed by atoms with Gasteiger partial charge in [0.25, 0.3) is 0 Å². The molecule has 0 aliphatic carbocycles. The summed E-state index contributed by atoms with van der Waals surface area (Å²) in [4.78, 5) is 11.7. The second-order valence-corrected chi connectivity index (χ2v) is 6.47. The molecule has 0 radical (unpaired) electrons. The summed E-state index contributed by atoms with van der Waals surface area (Å²) >= 11 is 0. The average Bonchev–Trinajstić information content (AvgIpc) is 3.04. The van der Waals surface area contributed by atoms with Gasteiger partial charge in [0, 0.05) is 55.0 Å². The van der Waals surface area contributed by atoms with Gasteiger partial charge in [0.1, 0.15) is 5.82 Å². The van der Waals surface area contributed by atoms with Crippen LogP contribution in [0.2, 0.25) is 0 Å². The Morgan fingerprint density at radius 1 is 1.26 bits per heavy atom. The van der Waals surface area contributed by atoms with Gasteiger partial charge in [-0.15, -0.1) is 0 Å². The molecular formula is C18H21N3O2. The Bertz CT molecular complexity index is 730. The molecule has 0 fully saturated rings. The van der Waals surface area contributed by atoms with Crippen molar-refractivity contribution in [3.05, 3.63) is 47.0 Å². The summed E-state index contributed by atoms with van der Waals surface area (Å²) in [6.07, 6.45) is 2.98. The molecule has 2 aliphatic heterocycles. The minimum Gasteiger partial charge on any atom is -0.454 e. The van der Waals surface area contributed by atoms with Crippen LogP contribution in [0.4, 0.5) is 0 Å². The van der Waals surface area contributed by atoms with E-state index >= 15 is 0 Å². The molecular weight excluding hydrogens is 290 g/mol. The third kappa shape index (κ3) is 2.77. The number of nitrogens with zero attached hydrogens (tertiary/aromatic N) is 3. The fraction of sp³-hybridized carbons (Fsp3) is 0.444. The molecule has 1 aromatic heterocycles. The second kappa shape index (κ2) is 5.81. The van der Waals surface area contributed by atoms with E-state index in [9.17, 15) is 0 Å². The molecule has 1 aromatic carbocycles. The zero-order valence-electron chi connectivity index (χ0n) is 13.6. The van der Waals surface area contributed by atoms with Crippen molar-refractivity contribution in [2.24, 2.45) is 0 Å². The van der Waals surface area contributed by atoms with Crippen LogP contribution < -0.4 is 9.47 Å². The van der Waals surface area contributed by atoms with E-state index in [-0.39, 0.29) is 0 Å². The lowest BCUT2D eigenvalue weighted by atomic mass is 10.0. The fourth-order valence-corrected chi connectivity index (χ4v) is 3.16. The van der Waals surface area contributed by atoms with Crippen LogP contribution in [0.1, 0.15) is 42.4 Å². The zero-order chi connectivity index (χ0) is 15.8. The van der Waals surface area contributed by atoms with Crippen molar-refractivity contribution < 1.29 is 9.47 Å². The molecule has 0 saturated carbocycles. The maximum absolute atomic E-state index is 5.61. The van der Waals surface area contributed by atoms with Gasteiger partial charge in [-0.3, -0.25) is 4.90 Å². The summed E-state index contributed by atoms with van der Waals surface area (Å²) in [5, 5.41) is 0. The van der Waals surface area contributed by atoms with Crippen LogP contribution in [-0.4, -0.2) is 28.2 Å². The maximum atomic E-state index is 5.61. The minimum atomic E-state index is 0.320. The lowest BCUT2D eigenvalue weighted by Gasteiger charge is -2.28. The molecule has 0 amide bonds. The van der Waals surface area contributed by atoms with Crippen molar-refractivity contribution >= 4 is 0 Å². The summed E-state index contributed by atoms with van der Waals surface area (Å²) < 4.78 is 11.1. The lowest BCUT2D eigenvalue weighted by Crippen LogP contribution is -2.31. The van der Waals surface area contributed by atoms with E-state index in [4.69, 9.17) is 14.5 Å². The largest absolute Gasteiger partial charge is 0.454 e. The average molecular weight is 311 g/mol. The van der Waals surface area contributed by atoms with Gasteiger partial charge in [-0.25, -0.2) is 9.97 Å². The predicted molar refractivity (Wildman–Crippen MR) is 86.5 cm³/mol. The normalized spacial score (nSPS) is 16.7. The number of hydrogen-bond donors (Lipinski definition) is 0. The van der Waals surface area contributed by atoms with Gasteiger partial charge >= 0.3 is 0 Å². The molecule has 0 spiro atoms. The summed E-state index contributed by atoms with van der Waals surface area (Å²) in [5.74, 6) is 3.07. The molecule has 4 rings (SSSR count). The van der Waals surface area contributed by atoms with Gasteiger partial charge in [0.15, 0.2) is 11.5 Å². The summed E-state index contributed by atoms with van der Waals surface area (Å²) in [7, 11) is 0. The van der Waals surface area contributed by atoms with Gasteiger partial charge in [0.2, 0.25) is 6.79 Å². The van der Waals surface area contributed by atoms with Crippen LogP contribution in [0.25, 0.3) is 0 Å². The highest BCUT2D eigenvalue weighted by Crippen LogP contribution is 2.36. The maximum Gasteiger partial charge on any atom is 0.231 e. The predicted octanol–water partition coefficient (Wildman–Crippen LogP) is 2.89. The summed E-state index contributed by atoms with van der Waals surface area (Å²) in [6.45, 7) is 7.34. The number of rotatable bonds is 3. The van der Waals surface area contributed by atoms with Crippen LogP contribution in [0.15, 0.2) is 24.4 Å². The number of hydrogen-bond acceptors (Lipinski definition) is 5. The Morgan fingerprint density at radius 3 is 3.04 bits per heavy atom. The first kappa shape index (κ1) is 14.5. The number of ether oxygens (including phenoxy) is 2. The summed E-state index contributed by atoms with van der Waals surface area (Å²) in [5.41, 5.74) is 3.63. The first-order chi connectivity index (χ1) is 11.2. The first-order valence-electron chi connectivity index (χ1n) is 8.15. The highest BCUT2D eigenvalue weighted by atomic mass is 16.7. The van der Waals surface area contributed by atoms with Crippen LogP contribution in [-0.2, 0) is 19.5 Å². The van der Waals surface area contributed by atoms with E-state index < -0.39 is 0 Å². The Hall–Kier alpha value is -2.14. The van der Waals surface area contributed by atoms with Gasteiger partial charge in [-0.05, 0) is 6.07 Å². The molecule has 3 heterocycles. The Balaban J connectivity index is 1.52. The van der Waals surface area contributed by atoms with Crippen molar-refractivity contribution in [3.8, 4) is 11.5 Å². The molecule has 2 aliphatic rings. The Labute approximate surface area is 136 Å². The van der Waals surface area contributed by atoms with Gasteiger partial charge in [0.05, 0.1) is 0 Å². The van der Waals surface area contributed by atoms with Gasteiger partial charge in [-0.2, -0.15) is 0 Å². The smallest absolute Gasteiger partial charge is 0.231 e. The number of aromatic nitrogens is 2. The van der Waals surface area contributed by atoms with Gasteiger partial charge < -0.3 is 9.47 Å². The molecule has 5 nitrogen and oxygen atoms in total. The van der Waals surface area contributed by atoms with Crippen LogP contribution >= 0.6 is 0 Å². The fourth-order valence-electron chi connectivity index (χ4n) is 3.16. The van der Waals surface area contributed by atoms with E-state index in [2.05, 4.69) is 29.8 Å². The Morgan fingerprint density at radius 2 is 2.17 bits per heavy atom. The highest BCUT2D eigenvalue weighted by Gasteiger charge is 2.22. The Kier molecular flexibility index (Phi) is 3.65. The lowest BCUT2D eigenvalue weighted by molar-refractivity contribution is 0.171. The van der Waals surface area contributed by atoms with Crippen molar-refractivity contribution in [3.63, 3.8) is 0 Å². The topological polar surface area (TPSA) is 47.5 Å². The molecule has 120 valence electrons. The standard InChI is InChI=1S/C18H21N3O2/c1-12(2)18-19-8-14-10-21(7-6-15(14)20-18)9-13-4-3-5-16-17(13)23-11-22-16/h3-5,8,12H,6-7,9-11H2,1-2H3. The molecule has 0 N–H and O–H groups in total. The van der Waals surface area contributed by atoms with Crippen molar-refractivity contribution in [2.45, 2.75) is 39.3 Å². The highest BCUT2D eigenvalue weighted by molar-refractivity contribution is 5.48. The molecule has 0 unspecified atom stereocenters. The first-order valence-corrected chi connectivity index (χ1v) is 8.15. The number of fused-ring (bicyclic) bond motifs is 2. The minimum absolute atomic E-state index is 0.320. The third-order valence-electron chi connectivity index (χ3n) is 4.42. The molecule has 23 heavy (non-hydrogen) atoms. The summed E-state index contributed by atoms with van der Waals surface area (Å²) in [6, 6.07) is 6.10. The van der Waals surface area contributed by atoms with Crippen LogP contribution in [0, 0.1) is 0 Å². The number of benzene rings is 1. The van der Waals surface area contributed by atoms with E-state index in [1.807, 2.05) is 18.3 Å². The number of para-hydroxylation sites is 1. The van der Waals surface area contributed by atoms with Crippen molar-refractivity contribution in [1.29, 1.82) is 0 Å². The molecule has 2 aromatic rings. The zero-order valence-corrected chi connectivity index (χ0v) is 13.6. The van der Waals surface area contributed by atoms with Crippen molar-refractivity contribution in [2.75, 3.05) is 13.3 Å². The van der Waals surface area contributed by atoms with E-state index in [0.717, 1.165) is 43.4 Å². The van der Waals surface area contributed by atoms with E-state index in [0.29, 0.717) is 12.7 Å². The molecule has 0 bridgehead atoms. The molecule has 0 atom stereocenters. The van der Waals surface area contributed by atoms with Crippen LogP contribution in [0.5, 0.6) is 11.5 Å². The third-order valence-corrected chi connectivity index (χ3v) is 4.42. The molecule has 5 heteroatoms. The van der Waals surface area contributed by atoms with Crippen molar-refractivity contribution in [1.82, 2.24) is 14.9 Å². The second-order valence-electron chi connectivity index (χ2n) is 6.47. The van der Waals surface area contributed by atoms with Crippen LogP contribution in [0.3, 0.4) is 0 Å². The van der Waals surface area contributed by atoms with Gasteiger partial charge in [-0.1, -0.05) is 26.0 Å².